The summed E-state index contributed by atoms with van der Waals surface area (Å²) in [6, 6.07) is -0.944. The van der Waals surface area contributed by atoms with Gasteiger partial charge >= 0.3 is 0 Å². The third-order valence-electron chi connectivity index (χ3n) is 2.01. The first-order chi connectivity index (χ1) is 6.16. The highest BCUT2D eigenvalue weighted by Gasteiger charge is 2.34. The van der Waals surface area contributed by atoms with Crippen LogP contribution in [0.15, 0.2) is 0 Å². The Balaban J connectivity index is 2.66. The molecule has 0 aromatic rings. The molecule has 0 aliphatic carbocycles. The molecule has 13 heavy (non-hydrogen) atoms. The van der Waals surface area contributed by atoms with E-state index in [0.29, 0.717) is 19.4 Å². The van der Waals surface area contributed by atoms with Crippen LogP contribution in [0, 0.1) is 10.8 Å². The summed E-state index contributed by atoms with van der Waals surface area (Å²) in [5.74, 6) is 1.66. The molecule has 0 N–H and O–H groups in total. The summed E-state index contributed by atoms with van der Waals surface area (Å²) in [5, 5.41) is 0. The molecule has 0 bridgehead atoms. The molecule has 0 aromatic heterocycles. The standard InChI is InChI=1S/C8H8BrF2NO/c9-4-3-7(13)12-5-1-2-6(12)8(10)11/h6,8H,1-2,5H2/t6-/m1/s1. The van der Waals surface area contributed by atoms with Crippen molar-refractivity contribution in [2.75, 3.05) is 6.54 Å². The molecule has 2 nitrogen and oxygen atoms in total. The largest absolute Gasteiger partial charge is 0.323 e. The van der Waals surface area contributed by atoms with Crippen LogP contribution in [0.5, 0.6) is 0 Å². The zero-order valence-electron chi connectivity index (χ0n) is 6.77. The van der Waals surface area contributed by atoms with Gasteiger partial charge in [-0.05, 0) is 17.7 Å². The Morgan fingerprint density at radius 3 is 2.85 bits per heavy atom. The molecule has 1 amide bonds. The van der Waals surface area contributed by atoms with Gasteiger partial charge in [-0.1, -0.05) is 0 Å². The number of hydrogen-bond acceptors (Lipinski definition) is 1. The van der Waals surface area contributed by atoms with E-state index in [0.717, 1.165) is 4.90 Å². The predicted molar refractivity (Wildman–Crippen MR) is 47.4 cm³/mol. The molecule has 1 heterocycles. The van der Waals surface area contributed by atoms with Crippen LogP contribution in [0.1, 0.15) is 12.8 Å². The van der Waals surface area contributed by atoms with Crippen LogP contribution in [0.3, 0.4) is 0 Å². The van der Waals surface area contributed by atoms with Crippen LogP contribution in [0.4, 0.5) is 8.78 Å². The predicted octanol–water partition coefficient (Wildman–Crippen LogP) is 1.60. The monoisotopic (exact) mass is 251 g/mol. The highest BCUT2D eigenvalue weighted by molar-refractivity contribution is 9.12. The minimum Gasteiger partial charge on any atom is -0.323 e. The van der Waals surface area contributed by atoms with E-state index in [4.69, 9.17) is 0 Å². The maximum absolute atomic E-state index is 12.3. The van der Waals surface area contributed by atoms with E-state index in [-0.39, 0.29) is 0 Å². The average Bonchev–Trinajstić information content (AvgIpc) is 2.52. The highest BCUT2D eigenvalue weighted by atomic mass is 79.9. The first-order valence-corrected chi connectivity index (χ1v) is 4.66. The lowest BCUT2D eigenvalue weighted by atomic mass is 10.2. The summed E-state index contributed by atoms with van der Waals surface area (Å²) in [7, 11) is 0. The molecular weight excluding hydrogens is 244 g/mol. The van der Waals surface area contributed by atoms with Crippen LogP contribution in [0.2, 0.25) is 0 Å². The van der Waals surface area contributed by atoms with Crippen molar-refractivity contribution in [1.82, 2.24) is 4.90 Å². The van der Waals surface area contributed by atoms with Gasteiger partial charge in [0.05, 0.1) is 6.04 Å². The molecule has 1 fully saturated rings. The maximum atomic E-state index is 12.3. The van der Waals surface area contributed by atoms with Crippen LogP contribution >= 0.6 is 15.9 Å². The number of nitrogens with zero attached hydrogens (tertiary/aromatic N) is 1. The fourth-order valence-electron chi connectivity index (χ4n) is 1.42. The molecule has 5 heteroatoms. The van der Waals surface area contributed by atoms with Crippen molar-refractivity contribution < 1.29 is 13.6 Å². The zero-order valence-corrected chi connectivity index (χ0v) is 8.35. The van der Waals surface area contributed by atoms with Gasteiger partial charge in [0, 0.05) is 28.4 Å². The van der Waals surface area contributed by atoms with Gasteiger partial charge in [0.1, 0.15) is 0 Å². The SMILES string of the molecule is O=C(C#CBr)N1CCC[C@@H]1C(F)F. The van der Waals surface area contributed by atoms with Crippen molar-refractivity contribution in [3.05, 3.63) is 0 Å². The van der Waals surface area contributed by atoms with Gasteiger partial charge in [0.2, 0.25) is 0 Å². The van der Waals surface area contributed by atoms with E-state index in [1.807, 2.05) is 0 Å². The van der Waals surface area contributed by atoms with Crippen LogP contribution in [-0.2, 0) is 4.79 Å². The summed E-state index contributed by atoms with van der Waals surface area (Å²) in [5.41, 5.74) is 0. The third kappa shape index (κ3) is 2.41. The highest BCUT2D eigenvalue weighted by Crippen LogP contribution is 2.22. The fourth-order valence-corrected chi connectivity index (χ4v) is 1.59. The lowest BCUT2D eigenvalue weighted by Crippen LogP contribution is -2.38. The van der Waals surface area contributed by atoms with Gasteiger partial charge in [0.15, 0.2) is 0 Å². The van der Waals surface area contributed by atoms with Gasteiger partial charge < -0.3 is 4.90 Å². The van der Waals surface area contributed by atoms with Crippen LogP contribution in [-0.4, -0.2) is 29.8 Å². The van der Waals surface area contributed by atoms with Gasteiger partial charge in [-0.25, -0.2) is 8.78 Å². The topological polar surface area (TPSA) is 20.3 Å². The van der Waals surface area contributed by atoms with Crippen molar-refractivity contribution >= 4 is 21.8 Å². The molecule has 0 radical (unpaired) electrons. The molecule has 0 saturated carbocycles. The van der Waals surface area contributed by atoms with Crippen molar-refractivity contribution in [2.24, 2.45) is 0 Å². The molecule has 0 spiro atoms. The van der Waals surface area contributed by atoms with E-state index < -0.39 is 18.4 Å². The first kappa shape index (κ1) is 10.5. The Labute approximate surface area is 83.4 Å². The Morgan fingerprint density at radius 1 is 1.62 bits per heavy atom. The number of likely N-dealkylation sites (tertiary alicyclic amines) is 1. The van der Waals surface area contributed by atoms with Crippen molar-refractivity contribution in [2.45, 2.75) is 25.3 Å². The van der Waals surface area contributed by atoms with E-state index in [1.54, 1.807) is 0 Å². The first-order valence-electron chi connectivity index (χ1n) is 3.87. The van der Waals surface area contributed by atoms with Crippen molar-refractivity contribution in [3.63, 3.8) is 0 Å². The van der Waals surface area contributed by atoms with E-state index in [1.165, 1.54) is 0 Å². The molecule has 0 aromatic carbocycles. The zero-order chi connectivity index (χ0) is 9.84. The fraction of sp³-hybridized carbons (Fsp3) is 0.625. The lowest BCUT2D eigenvalue weighted by Gasteiger charge is -2.21. The van der Waals surface area contributed by atoms with Crippen molar-refractivity contribution in [3.8, 4) is 10.8 Å². The summed E-state index contributed by atoms with van der Waals surface area (Å²) in [6.07, 6.45) is -1.47. The Hall–Kier alpha value is -0.630. The summed E-state index contributed by atoms with van der Waals surface area (Å²) in [6.45, 7) is 0.384. The normalized spacial score (nSPS) is 21.5. The molecule has 1 rings (SSSR count). The Bertz CT molecular complexity index is 259. The second-order valence-corrected chi connectivity index (χ2v) is 3.16. The van der Waals surface area contributed by atoms with Gasteiger partial charge in [-0.15, -0.1) is 0 Å². The number of carbonyl (C=O) groups is 1. The Morgan fingerprint density at radius 2 is 2.31 bits per heavy atom. The van der Waals surface area contributed by atoms with Gasteiger partial charge in [0.25, 0.3) is 12.3 Å². The second-order valence-electron chi connectivity index (χ2n) is 2.76. The summed E-state index contributed by atoms with van der Waals surface area (Å²) < 4.78 is 24.7. The van der Waals surface area contributed by atoms with E-state index in [9.17, 15) is 13.6 Å². The summed E-state index contributed by atoms with van der Waals surface area (Å²) >= 11 is 2.76. The number of amides is 1. The van der Waals surface area contributed by atoms with Crippen molar-refractivity contribution in [1.29, 1.82) is 0 Å². The minimum absolute atomic E-state index is 0.368. The minimum atomic E-state index is -2.47. The number of carbonyl (C=O) groups excluding carboxylic acids is 1. The summed E-state index contributed by atoms with van der Waals surface area (Å²) in [4.78, 5) is 14.5. The Kier molecular flexibility index (Phi) is 3.67. The lowest BCUT2D eigenvalue weighted by molar-refractivity contribution is -0.128. The average molecular weight is 252 g/mol. The molecule has 72 valence electrons. The smallest absolute Gasteiger partial charge is 0.299 e. The van der Waals surface area contributed by atoms with Gasteiger partial charge in [-0.3, -0.25) is 4.79 Å². The number of rotatable bonds is 1. The quantitative estimate of drug-likeness (QED) is 0.649. The molecule has 1 saturated heterocycles. The second kappa shape index (κ2) is 4.56. The molecule has 1 aliphatic heterocycles. The van der Waals surface area contributed by atoms with E-state index >= 15 is 0 Å². The molecule has 0 unspecified atom stereocenters. The van der Waals surface area contributed by atoms with Gasteiger partial charge in [-0.2, -0.15) is 0 Å². The number of alkyl halides is 2. The maximum Gasteiger partial charge on any atom is 0.299 e. The molecule has 1 aliphatic rings. The molecular formula is C8H8BrF2NO. The number of halogens is 3. The number of hydrogen-bond donors (Lipinski definition) is 0. The van der Waals surface area contributed by atoms with E-state index in [2.05, 4.69) is 26.7 Å². The molecule has 1 atom stereocenters. The van der Waals surface area contributed by atoms with Crippen LogP contribution < -0.4 is 0 Å². The third-order valence-corrected chi connectivity index (χ3v) is 2.20. The van der Waals surface area contributed by atoms with Crippen LogP contribution in [0.25, 0.3) is 0 Å².